The van der Waals surface area contributed by atoms with Crippen molar-refractivity contribution in [3.8, 4) is 0 Å². The molecule has 0 amide bonds. The molecule has 0 radical (unpaired) electrons. The van der Waals surface area contributed by atoms with Crippen LogP contribution in [0.25, 0.3) is 0 Å². The number of hydrogen-bond acceptors (Lipinski definition) is 2. The van der Waals surface area contributed by atoms with E-state index >= 15 is 0 Å². The van der Waals surface area contributed by atoms with E-state index < -0.39 is 11.5 Å². The Morgan fingerprint density at radius 1 is 1.19 bits per heavy atom. The van der Waals surface area contributed by atoms with Gasteiger partial charge in [-0.05, 0) is 24.6 Å². The topological polar surface area (TPSA) is 30.2 Å². The van der Waals surface area contributed by atoms with Crippen LogP contribution in [0, 0.1) is 0 Å². The van der Waals surface area contributed by atoms with Crippen LogP contribution in [0.15, 0.2) is 53.1 Å². The number of carbonyl (C=O) groups excluding carboxylic acids is 1. The lowest BCUT2D eigenvalue weighted by Gasteiger charge is -2.17. The summed E-state index contributed by atoms with van der Waals surface area (Å²) in [4.78, 5) is 11.9. The molecule has 0 bridgehead atoms. The van der Waals surface area contributed by atoms with E-state index in [0.717, 1.165) is 0 Å². The fourth-order valence-corrected chi connectivity index (χ4v) is 1.52. The summed E-state index contributed by atoms with van der Waals surface area (Å²) < 4.78 is 19.3. The Bertz CT molecular complexity index is 472. The van der Waals surface area contributed by atoms with E-state index in [1.807, 2.05) is 0 Å². The van der Waals surface area contributed by atoms with Crippen molar-refractivity contribution in [1.29, 1.82) is 0 Å². The summed E-state index contributed by atoms with van der Waals surface area (Å²) in [6, 6.07) is 11.4. The third-order valence-corrected chi connectivity index (χ3v) is 2.49. The van der Waals surface area contributed by atoms with Gasteiger partial charge in [0, 0.05) is 0 Å². The molecule has 0 N–H and O–H groups in total. The fourth-order valence-electron chi connectivity index (χ4n) is 1.52. The standard InChI is InChI=1S/C13H11FO2/c1-13(14,10-6-3-2-4-7-10)12(15)11-8-5-9-16-11/h2-9H,1H3. The van der Waals surface area contributed by atoms with Crippen LogP contribution in [-0.4, -0.2) is 5.78 Å². The van der Waals surface area contributed by atoms with Crippen LogP contribution in [0.1, 0.15) is 23.0 Å². The van der Waals surface area contributed by atoms with Gasteiger partial charge >= 0.3 is 0 Å². The number of rotatable bonds is 3. The number of benzene rings is 1. The molecular weight excluding hydrogens is 207 g/mol. The first-order chi connectivity index (χ1) is 7.62. The Kier molecular flexibility index (Phi) is 2.60. The molecule has 1 heterocycles. The Morgan fingerprint density at radius 3 is 2.44 bits per heavy atom. The molecule has 2 rings (SSSR count). The molecule has 0 spiro atoms. The number of hydrogen-bond donors (Lipinski definition) is 0. The molecule has 1 aromatic carbocycles. The molecule has 2 nitrogen and oxygen atoms in total. The molecule has 0 saturated carbocycles. The molecule has 2 aromatic rings. The molecule has 82 valence electrons. The summed E-state index contributed by atoms with van der Waals surface area (Å²) in [6.07, 6.45) is 1.36. The Labute approximate surface area is 92.7 Å². The van der Waals surface area contributed by atoms with Gasteiger partial charge in [-0.1, -0.05) is 30.3 Å². The van der Waals surface area contributed by atoms with Crippen molar-refractivity contribution in [2.45, 2.75) is 12.6 Å². The van der Waals surface area contributed by atoms with Gasteiger partial charge in [-0.15, -0.1) is 0 Å². The zero-order chi connectivity index (χ0) is 11.6. The van der Waals surface area contributed by atoms with Gasteiger partial charge in [-0.2, -0.15) is 0 Å². The quantitative estimate of drug-likeness (QED) is 0.739. The average molecular weight is 218 g/mol. The van der Waals surface area contributed by atoms with Crippen LogP contribution in [0.5, 0.6) is 0 Å². The minimum absolute atomic E-state index is 0.0360. The molecule has 0 aliphatic heterocycles. The fraction of sp³-hybridized carbons (Fsp3) is 0.154. The third kappa shape index (κ3) is 1.76. The predicted molar refractivity (Wildman–Crippen MR) is 57.9 cm³/mol. The first-order valence-corrected chi connectivity index (χ1v) is 4.95. The minimum Gasteiger partial charge on any atom is -0.461 e. The number of furan rings is 1. The third-order valence-electron chi connectivity index (χ3n) is 2.49. The van der Waals surface area contributed by atoms with Crippen molar-refractivity contribution in [2.75, 3.05) is 0 Å². The first kappa shape index (κ1) is 10.6. The molecule has 0 saturated heterocycles. The number of halogens is 1. The number of carbonyl (C=O) groups is 1. The van der Waals surface area contributed by atoms with Gasteiger partial charge in [0.2, 0.25) is 5.78 Å². The molecule has 0 fully saturated rings. The normalized spacial score (nSPS) is 14.4. The maximum atomic E-state index is 14.4. The maximum absolute atomic E-state index is 14.4. The first-order valence-electron chi connectivity index (χ1n) is 4.95. The van der Waals surface area contributed by atoms with Gasteiger partial charge in [-0.25, -0.2) is 4.39 Å². The van der Waals surface area contributed by atoms with Crippen molar-refractivity contribution in [3.63, 3.8) is 0 Å². The summed E-state index contributed by atoms with van der Waals surface area (Å²) in [6.45, 7) is 1.24. The number of Topliss-reactive ketones (excluding diaryl/α,β-unsaturated/α-hetero) is 1. The van der Waals surface area contributed by atoms with Crippen LogP contribution < -0.4 is 0 Å². The monoisotopic (exact) mass is 218 g/mol. The second kappa shape index (κ2) is 3.93. The van der Waals surface area contributed by atoms with Gasteiger partial charge in [0.05, 0.1) is 6.26 Å². The molecule has 1 aromatic heterocycles. The highest BCUT2D eigenvalue weighted by molar-refractivity contribution is 6.00. The SMILES string of the molecule is CC(F)(C(=O)c1ccco1)c1ccccc1. The molecule has 0 aliphatic carbocycles. The summed E-state index contributed by atoms with van der Waals surface area (Å²) in [5.41, 5.74) is -1.73. The van der Waals surface area contributed by atoms with E-state index in [4.69, 9.17) is 4.42 Å². The second-order valence-electron chi connectivity index (χ2n) is 3.68. The van der Waals surface area contributed by atoms with Gasteiger partial charge in [0.25, 0.3) is 0 Å². The zero-order valence-corrected chi connectivity index (χ0v) is 8.81. The predicted octanol–water partition coefficient (Wildman–Crippen LogP) is 3.35. The van der Waals surface area contributed by atoms with E-state index in [2.05, 4.69) is 0 Å². The Morgan fingerprint density at radius 2 is 1.88 bits per heavy atom. The lowest BCUT2D eigenvalue weighted by Crippen LogP contribution is -2.27. The van der Waals surface area contributed by atoms with Crippen LogP contribution >= 0.6 is 0 Å². The average Bonchev–Trinajstić information content (AvgIpc) is 2.82. The highest BCUT2D eigenvalue weighted by Crippen LogP contribution is 2.29. The highest BCUT2D eigenvalue weighted by Gasteiger charge is 2.37. The Balaban J connectivity index is 2.36. The van der Waals surface area contributed by atoms with E-state index in [9.17, 15) is 9.18 Å². The molecule has 1 unspecified atom stereocenters. The lowest BCUT2D eigenvalue weighted by atomic mass is 9.92. The van der Waals surface area contributed by atoms with Gasteiger partial charge in [0.1, 0.15) is 0 Å². The molecule has 1 atom stereocenters. The molecule has 16 heavy (non-hydrogen) atoms. The van der Waals surface area contributed by atoms with E-state index in [-0.39, 0.29) is 5.76 Å². The van der Waals surface area contributed by atoms with E-state index in [1.54, 1.807) is 36.4 Å². The zero-order valence-electron chi connectivity index (χ0n) is 8.81. The highest BCUT2D eigenvalue weighted by atomic mass is 19.1. The molecular formula is C13H11FO2. The number of ketones is 1. The van der Waals surface area contributed by atoms with Gasteiger partial charge < -0.3 is 4.42 Å². The lowest BCUT2D eigenvalue weighted by molar-refractivity contribution is 0.0689. The van der Waals surface area contributed by atoms with Crippen LogP contribution in [-0.2, 0) is 5.67 Å². The molecule has 3 heteroatoms. The van der Waals surface area contributed by atoms with Gasteiger partial charge in [-0.3, -0.25) is 4.79 Å². The summed E-state index contributed by atoms with van der Waals surface area (Å²) in [7, 11) is 0. The van der Waals surface area contributed by atoms with Crippen LogP contribution in [0.2, 0.25) is 0 Å². The summed E-state index contributed by atoms with van der Waals surface area (Å²) in [5, 5.41) is 0. The van der Waals surface area contributed by atoms with Crippen LogP contribution in [0.4, 0.5) is 4.39 Å². The minimum atomic E-state index is -2.06. The smallest absolute Gasteiger partial charge is 0.239 e. The van der Waals surface area contributed by atoms with Crippen LogP contribution in [0.3, 0.4) is 0 Å². The number of alkyl halides is 1. The van der Waals surface area contributed by atoms with Crippen molar-refractivity contribution in [2.24, 2.45) is 0 Å². The van der Waals surface area contributed by atoms with Gasteiger partial charge in [0.15, 0.2) is 11.4 Å². The van der Waals surface area contributed by atoms with Crippen molar-refractivity contribution in [3.05, 3.63) is 60.1 Å². The van der Waals surface area contributed by atoms with Crippen molar-refractivity contribution < 1.29 is 13.6 Å². The van der Waals surface area contributed by atoms with E-state index in [1.165, 1.54) is 19.3 Å². The largest absolute Gasteiger partial charge is 0.461 e. The van der Waals surface area contributed by atoms with Crippen molar-refractivity contribution in [1.82, 2.24) is 0 Å². The second-order valence-corrected chi connectivity index (χ2v) is 3.68. The molecule has 0 aliphatic rings. The summed E-state index contributed by atoms with van der Waals surface area (Å²) >= 11 is 0. The van der Waals surface area contributed by atoms with E-state index in [0.29, 0.717) is 5.56 Å². The Hall–Kier alpha value is -1.90. The summed E-state index contributed by atoms with van der Waals surface area (Å²) in [5.74, 6) is -0.627. The van der Waals surface area contributed by atoms with Crippen molar-refractivity contribution >= 4 is 5.78 Å². The maximum Gasteiger partial charge on any atom is 0.239 e.